The van der Waals surface area contributed by atoms with Gasteiger partial charge in [0.2, 0.25) is 0 Å². The molecule has 0 aromatic rings. The number of likely N-dealkylation sites (tertiary alicyclic amines) is 1. The predicted octanol–water partition coefficient (Wildman–Crippen LogP) is 1.37. The molecule has 2 unspecified atom stereocenters. The lowest BCUT2D eigenvalue weighted by atomic mass is 10.0. The highest BCUT2D eigenvalue weighted by Crippen LogP contribution is 2.17. The van der Waals surface area contributed by atoms with Crippen molar-refractivity contribution in [2.24, 2.45) is 0 Å². The van der Waals surface area contributed by atoms with Crippen LogP contribution < -0.4 is 5.32 Å². The maximum absolute atomic E-state index is 11.6. The van der Waals surface area contributed by atoms with E-state index < -0.39 is 0 Å². The van der Waals surface area contributed by atoms with Gasteiger partial charge in [-0.1, -0.05) is 0 Å². The largest absolute Gasteiger partial charge is 0.450 e. The monoisotopic (exact) mass is 256 g/mol. The molecule has 5 heteroatoms. The summed E-state index contributed by atoms with van der Waals surface area (Å²) in [5.41, 5.74) is 0. The van der Waals surface area contributed by atoms with Crippen molar-refractivity contribution in [3.63, 3.8) is 0 Å². The molecule has 0 aromatic carbocycles. The van der Waals surface area contributed by atoms with Crippen LogP contribution in [0.5, 0.6) is 0 Å². The number of amides is 1. The molecule has 104 valence electrons. The average Bonchev–Trinajstić information content (AvgIpc) is 2.76. The Balaban J connectivity index is 1.71. The van der Waals surface area contributed by atoms with Crippen LogP contribution in [-0.4, -0.2) is 55.5 Å². The summed E-state index contributed by atoms with van der Waals surface area (Å²) in [6, 6.07) is 0.981. The van der Waals surface area contributed by atoms with E-state index in [1.54, 1.807) is 4.90 Å². The Hall–Kier alpha value is -0.810. The third-order valence-electron chi connectivity index (χ3n) is 3.85. The summed E-state index contributed by atoms with van der Waals surface area (Å²) in [5, 5.41) is 3.66. The van der Waals surface area contributed by atoms with Gasteiger partial charge in [0.25, 0.3) is 0 Å². The third kappa shape index (κ3) is 3.36. The zero-order valence-electron chi connectivity index (χ0n) is 11.4. The summed E-state index contributed by atoms with van der Waals surface area (Å²) in [7, 11) is 0. The maximum atomic E-state index is 11.6. The molecule has 2 fully saturated rings. The highest BCUT2D eigenvalue weighted by molar-refractivity contribution is 5.67. The lowest BCUT2D eigenvalue weighted by Crippen LogP contribution is -2.49. The molecule has 5 nitrogen and oxygen atoms in total. The second-order valence-corrected chi connectivity index (χ2v) is 5.10. The number of ether oxygens (including phenoxy) is 2. The van der Waals surface area contributed by atoms with Crippen LogP contribution in [0.2, 0.25) is 0 Å². The number of hydrogen-bond donors (Lipinski definition) is 1. The summed E-state index contributed by atoms with van der Waals surface area (Å²) in [5.74, 6) is 0. The number of piperidine rings is 1. The Bertz CT molecular complexity index is 277. The van der Waals surface area contributed by atoms with Crippen LogP contribution in [0, 0.1) is 0 Å². The van der Waals surface area contributed by atoms with Gasteiger partial charge in [0.1, 0.15) is 0 Å². The molecule has 18 heavy (non-hydrogen) atoms. The van der Waals surface area contributed by atoms with Crippen LogP contribution in [-0.2, 0) is 9.47 Å². The second-order valence-electron chi connectivity index (χ2n) is 5.10. The summed E-state index contributed by atoms with van der Waals surface area (Å²) in [4.78, 5) is 13.4. The molecule has 0 radical (unpaired) electrons. The van der Waals surface area contributed by atoms with Gasteiger partial charge in [-0.15, -0.1) is 0 Å². The van der Waals surface area contributed by atoms with Crippen molar-refractivity contribution in [2.75, 3.05) is 26.3 Å². The molecule has 2 saturated heterocycles. The number of hydrogen-bond acceptors (Lipinski definition) is 4. The van der Waals surface area contributed by atoms with Crippen LogP contribution in [0.1, 0.15) is 33.1 Å². The molecule has 2 rings (SSSR count). The smallest absolute Gasteiger partial charge is 0.409 e. The van der Waals surface area contributed by atoms with Gasteiger partial charge in [-0.05, 0) is 33.1 Å². The Morgan fingerprint density at radius 1 is 1.39 bits per heavy atom. The zero-order chi connectivity index (χ0) is 13.0. The van der Waals surface area contributed by atoms with Gasteiger partial charge < -0.3 is 19.7 Å². The summed E-state index contributed by atoms with van der Waals surface area (Å²) in [6.45, 7) is 6.86. The van der Waals surface area contributed by atoms with E-state index in [-0.39, 0.29) is 6.09 Å². The SMILES string of the molecule is CCOC(=O)N1CCC(NC2CCOC2C)CC1. The maximum Gasteiger partial charge on any atom is 0.409 e. The van der Waals surface area contributed by atoms with E-state index in [0.717, 1.165) is 39.0 Å². The van der Waals surface area contributed by atoms with Crippen molar-refractivity contribution >= 4 is 6.09 Å². The molecule has 0 spiro atoms. The van der Waals surface area contributed by atoms with Crippen molar-refractivity contribution < 1.29 is 14.3 Å². The normalized spacial score (nSPS) is 29.6. The predicted molar refractivity (Wildman–Crippen MR) is 68.6 cm³/mol. The molecule has 0 bridgehead atoms. The molecule has 2 atom stereocenters. The van der Waals surface area contributed by atoms with Gasteiger partial charge in [0.05, 0.1) is 12.7 Å². The minimum Gasteiger partial charge on any atom is -0.450 e. The van der Waals surface area contributed by atoms with E-state index in [1.165, 1.54) is 0 Å². The summed E-state index contributed by atoms with van der Waals surface area (Å²) < 4.78 is 10.6. The van der Waals surface area contributed by atoms with E-state index in [2.05, 4.69) is 12.2 Å². The molecule has 0 saturated carbocycles. The van der Waals surface area contributed by atoms with Crippen molar-refractivity contribution in [3.8, 4) is 0 Å². The van der Waals surface area contributed by atoms with E-state index in [4.69, 9.17) is 9.47 Å². The molecule has 2 aliphatic rings. The minimum absolute atomic E-state index is 0.173. The first-order chi connectivity index (χ1) is 8.70. The Morgan fingerprint density at radius 2 is 2.11 bits per heavy atom. The first kappa shape index (κ1) is 13.6. The van der Waals surface area contributed by atoms with Gasteiger partial charge in [0, 0.05) is 31.8 Å². The number of nitrogens with one attached hydrogen (secondary N) is 1. The number of carbonyl (C=O) groups excluding carboxylic acids is 1. The van der Waals surface area contributed by atoms with Gasteiger partial charge in [-0.2, -0.15) is 0 Å². The molecule has 1 N–H and O–H groups in total. The van der Waals surface area contributed by atoms with Crippen molar-refractivity contribution in [2.45, 2.75) is 51.3 Å². The fourth-order valence-electron chi connectivity index (χ4n) is 2.70. The molecule has 2 heterocycles. The number of rotatable bonds is 3. The molecular weight excluding hydrogens is 232 g/mol. The Labute approximate surface area is 109 Å². The van der Waals surface area contributed by atoms with Gasteiger partial charge in [-0.3, -0.25) is 0 Å². The highest BCUT2D eigenvalue weighted by atomic mass is 16.6. The van der Waals surface area contributed by atoms with Crippen molar-refractivity contribution in [1.82, 2.24) is 10.2 Å². The van der Waals surface area contributed by atoms with Gasteiger partial charge in [0.15, 0.2) is 0 Å². The Kier molecular flexibility index (Phi) is 4.83. The third-order valence-corrected chi connectivity index (χ3v) is 3.85. The standard InChI is InChI=1S/C13H24N2O3/c1-3-17-13(16)15-7-4-11(5-8-15)14-12-6-9-18-10(12)2/h10-12,14H,3-9H2,1-2H3. The van der Waals surface area contributed by atoms with E-state index in [9.17, 15) is 4.79 Å². The van der Waals surface area contributed by atoms with Crippen molar-refractivity contribution in [1.29, 1.82) is 0 Å². The first-order valence-corrected chi connectivity index (χ1v) is 7.00. The lowest BCUT2D eigenvalue weighted by molar-refractivity contribution is 0.0885. The average molecular weight is 256 g/mol. The minimum atomic E-state index is -0.173. The molecule has 0 aliphatic carbocycles. The number of carbonyl (C=O) groups is 1. The van der Waals surface area contributed by atoms with Crippen LogP contribution >= 0.6 is 0 Å². The van der Waals surface area contributed by atoms with Crippen LogP contribution in [0.3, 0.4) is 0 Å². The van der Waals surface area contributed by atoms with Gasteiger partial charge >= 0.3 is 6.09 Å². The summed E-state index contributed by atoms with van der Waals surface area (Å²) in [6.07, 6.45) is 3.24. The zero-order valence-corrected chi connectivity index (χ0v) is 11.4. The molecule has 1 amide bonds. The second kappa shape index (κ2) is 6.38. The number of nitrogens with zero attached hydrogens (tertiary/aromatic N) is 1. The van der Waals surface area contributed by atoms with Gasteiger partial charge in [-0.25, -0.2) is 4.79 Å². The Morgan fingerprint density at radius 3 is 2.67 bits per heavy atom. The van der Waals surface area contributed by atoms with Crippen molar-refractivity contribution in [3.05, 3.63) is 0 Å². The molecule has 0 aromatic heterocycles. The van der Waals surface area contributed by atoms with E-state index in [1.807, 2.05) is 6.92 Å². The van der Waals surface area contributed by atoms with Crippen LogP contribution in [0.15, 0.2) is 0 Å². The van der Waals surface area contributed by atoms with Crippen LogP contribution in [0.4, 0.5) is 4.79 Å². The van der Waals surface area contributed by atoms with E-state index >= 15 is 0 Å². The quantitative estimate of drug-likeness (QED) is 0.828. The molecular formula is C13H24N2O3. The van der Waals surface area contributed by atoms with Crippen LogP contribution in [0.25, 0.3) is 0 Å². The van der Waals surface area contributed by atoms with E-state index in [0.29, 0.717) is 24.8 Å². The fraction of sp³-hybridized carbons (Fsp3) is 0.923. The summed E-state index contributed by atoms with van der Waals surface area (Å²) >= 11 is 0. The fourth-order valence-corrected chi connectivity index (χ4v) is 2.70. The molecule has 2 aliphatic heterocycles. The topological polar surface area (TPSA) is 50.8 Å². The lowest BCUT2D eigenvalue weighted by Gasteiger charge is -2.33. The first-order valence-electron chi connectivity index (χ1n) is 7.00. The highest BCUT2D eigenvalue weighted by Gasteiger charge is 2.29.